The molecule has 0 spiro atoms. The molecule has 0 unspecified atom stereocenters. The van der Waals surface area contributed by atoms with Crippen LogP contribution in [0.3, 0.4) is 0 Å². The molecule has 2 N–H and O–H groups in total. The van der Waals surface area contributed by atoms with Gasteiger partial charge in [-0.05, 0) is 44.2 Å². The molecule has 2 heterocycles. The van der Waals surface area contributed by atoms with Gasteiger partial charge >= 0.3 is 0 Å². The number of rotatable bonds is 3. The van der Waals surface area contributed by atoms with Crippen molar-refractivity contribution >= 4 is 5.91 Å². The summed E-state index contributed by atoms with van der Waals surface area (Å²) in [6.45, 7) is 5.61. The zero-order chi connectivity index (χ0) is 16.4. The summed E-state index contributed by atoms with van der Waals surface area (Å²) >= 11 is 0. The molecule has 1 aliphatic rings. The van der Waals surface area contributed by atoms with E-state index >= 15 is 0 Å². The lowest BCUT2D eigenvalue weighted by Gasteiger charge is -2.34. The Kier molecular flexibility index (Phi) is 4.48. The topological polar surface area (TPSA) is 64.2 Å². The van der Waals surface area contributed by atoms with E-state index in [0.717, 1.165) is 37.2 Å². The summed E-state index contributed by atoms with van der Waals surface area (Å²) in [5, 5.41) is 4.36. The number of benzene rings is 1. The number of piperidine rings is 1. The highest BCUT2D eigenvalue weighted by molar-refractivity contribution is 5.93. The molecule has 5 heteroatoms. The first-order valence-corrected chi connectivity index (χ1v) is 8.22. The molecule has 1 saturated heterocycles. The minimum absolute atomic E-state index is 0.0511. The number of nitrogens with two attached hydrogens (primary N) is 1. The van der Waals surface area contributed by atoms with Crippen LogP contribution >= 0.6 is 0 Å². The fraction of sp³-hybridized carbons (Fsp3) is 0.444. The monoisotopic (exact) mass is 312 g/mol. The summed E-state index contributed by atoms with van der Waals surface area (Å²) in [6.07, 6.45) is 5.60. The van der Waals surface area contributed by atoms with Gasteiger partial charge in [-0.1, -0.05) is 18.2 Å². The molecule has 0 bridgehead atoms. The Bertz CT molecular complexity index is 692. The molecule has 2 aromatic rings. The highest BCUT2D eigenvalue weighted by Gasteiger charge is 2.27. The molecule has 1 amide bonds. The number of hydrogen-bond acceptors (Lipinski definition) is 3. The fourth-order valence-electron chi connectivity index (χ4n) is 3.19. The van der Waals surface area contributed by atoms with Gasteiger partial charge in [0.25, 0.3) is 5.91 Å². The molecule has 122 valence electrons. The standard InChI is InChI=1S/C18H24N4O/c1-13-6-3-4-8-17(13)22-12-16(10-20-22)18(23)21-9-5-7-15(11-21)14(2)19/h3-4,6,8,10,12,14-15H,5,7,9,11,19H2,1-2H3/t14-,15-/m1/s1. The average Bonchev–Trinajstić information content (AvgIpc) is 3.04. The molecule has 2 atom stereocenters. The van der Waals surface area contributed by atoms with Crippen LogP contribution in [-0.4, -0.2) is 39.7 Å². The Morgan fingerprint density at radius 3 is 2.91 bits per heavy atom. The molecule has 3 rings (SSSR count). The van der Waals surface area contributed by atoms with Crippen molar-refractivity contribution in [2.45, 2.75) is 32.7 Å². The predicted octanol–water partition coefficient (Wildman–Crippen LogP) is 2.38. The van der Waals surface area contributed by atoms with Crippen molar-refractivity contribution < 1.29 is 4.79 Å². The van der Waals surface area contributed by atoms with Gasteiger partial charge in [0.15, 0.2) is 0 Å². The van der Waals surface area contributed by atoms with Crippen LogP contribution in [0.4, 0.5) is 0 Å². The Hall–Kier alpha value is -2.14. The third-order valence-corrected chi connectivity index (χ3v) is 4.68. The minimum Gasteiger partial charge on any atom is -0.338 e. The van der Waals surface area contributed by atoms with Crippen molar-refractivity contribution in [1.82, 2.24) is 14.7 Å². The molecule has 0 aliphatic carbocycles. The third kappa shape index (κ3) is 3.29. The van der Waals surface area contributed by atoms with Crippen LogP contribution < -0.4 is 5.73 Å². The largest absolute Gasteiger partial charge is 0.338 e. The maximum Gasteiger partial charge on any atom is 0.257 e. The van der Waals surface area contributed by atoms with Crippen LogP contribution in [0, 0.1) is 12.8 Å². The number of hydrogen-bond donors (Lipinski definition) is 1. The van der Waals surface area contributed by atoms with Crippen molar-refractivity contribution in [2.75, 3.05) is 13.1 Å². The van der Waals surface area contributed by atoms with E-state index in [1.807, 2.05) is 49.2 Å². The fourth-order valence-corrected chi connectivity index (χ4v) is 3.19. The van der Waals surface area contributed by atoms with Gasteiger partial charge in [0, 0.05) is 25.3 Å². The van der Waals surface area contributed by atoms with E-state index in [-0.39, 0.29) is 11.9 Å². The summed E-state index contributed by atoms with van der Waals surface area (Å²) in [7, 11) is 0. The summed E-state index contributed by atoms with van der Waals surface area (Å²) in [4.78, 5) is 14.6. The molecule has 1 aromatic heterocycles. The van der Waals surface area contributed by atoms with Gasteiger partial charge in [0.2, 0.25) is 0 Å². The lowest BCUT2D eigenvalue weighted by atomic mass is 9.92. The van der Waals surface area contributed by atoms with E-state index in [4.69, 9.17) is 5.73 Å². The van der Waals surface area contributed by atoms with E-state index in [1.54, 1.807) is 10.9 Å². The smallest absolute Gasteiger partial charge is 0.257 e. The summed E-state index contributed by atoms with van der Waals surface area (Å²) < 4.78 is 1.77. The summed E-state index contributed by atoms with van der Waals surface area (Å²) in [5.41, 5.74) is 8.78. The van der Waals surface area contributed by atoms with Crippen molar-refractivity contribution in [3.8, 4) is 5.69 Å². The van der Waals surface area contributed by atoms with Crippen molar-refractivity contribution in [3.63, 3.8) is 0 Å². The van der Waals surface area contributed by atoms with Crippen molar-refractivity contribution in [3.05, 3.63) is 47.8 Å². The first kappa shape index (κ1) is 15.7. The normalized spacial score (nSPS) is 19.6. The molecular formula is C18H24N4O. The van der Waals surface area contributed by atoms with Crippen LogP contribution in [0.15, 0.2) is 36.7 Å². The van der Waals surface area contributed by atoms with Crippen molar-refractivity contribution in [1.29, 1.82) is 0 Å². The van der Waals surface area contributed by atoms with E-state index in [9.17, 15) is 4.79 Å². The molecule has 23 heavy (non-hydrogen) atoms. The summed E-state index contributed by atoms with van der Waals surface area (Å²) in [6, 6.07) is 8.14. The highest BCUT2D eigenvalue weighted by atomic mass is 16.2. The van der Waals surface area contributed by atoms with Crippen LogP contribution in [0.5, 0.6) is 0 Å². The third-order valence-electron chi connectivity index (χ3n) is 4.68. The molecule has 1 aliphatic heterocycles. The molecule has 5 nitrogen and oxygen atoms in total. The van der Waals surface area contributed by atoms with E-state index < -0.39 is 0 Å². The van der Waals surface area contributed by atoms with Gasteiger partial charge in [0.05, 0.1) is 17.4 Å². The highest BCUT2D eigenvalue weighted by Crippen LogP contribution is 2.21. The van der Waals surface area contributed by atoms with Crippen LogP contribution in [0.2, 0.25) is 0 Å². The van der Waals surface area contributed by atoms with Gasteiger partial charge < -0.3 is 10.6 Å². The van der Waals surface area contributed by atoms with Gasteiger partial charge in [-0.25, -0.2) is 4.68 Å². The second-order valence-electron chi connectivity index (χ2n) is 6.47. The zero-order valence-electron chi connectivity index (χ0n) is 13.8. The molecular weight excluding hydrogens is 288 g/mol. The molecule has 1 aromatic carbocycles. The molecule has 0 saturated carbocycles. The number of aryl methyl sites for hydroxylation is 1. The lowest BCUT2D eigenvalue weighted by Crippen LogP contribution is -2.45. The quantitative estimate of drug-likeness (QED) is 0.946. The van der Waals surface area contributed by atoms with E-state index in [2.05, 4.69) is 5.10 Å². The number of carbonyl (C=O) groups excluding carboxylic acids is 1. The second kappa shape index (κ2) is 6.54. The lowest BCUT2D eigenvalue weighted by molar-refractivity contribution is 0.0661. The van der Waals surface area contributed by atoms with Crippen LogP contribution in [0.1, 0.15) is 35.7 Å². The number of carbonyl (C=O) groups is 1. The minimum atomic E-state index is 0.0511. The maximum absolute atomic E-state index is 12.7. The Morgan fingerprint density at radius 1 is 1.39 bits per heavy atom. The van der Waals surface area contributed by atoms with Crippen molar-refractivity contribution in [2.24, 2.45) is 11.7 Å². The van der Waals surface area contributed by atoms with E-state index in [0.29, 0.717) is 11.5 Å². The first-order valence-electron chi connectivity index (χ1n) is 8.22. The average molecular weight is 312 g/mol. The number of likely N-dealkylation sites (tertiary alicyclic amines) is 1. The number of amides is 1. The van der Waals surface area contributed by atoms with E-state index in [1.165, 1.54) is 0 Å². The number of para-hydroxylation sites is 1. The van der Waals surface area contributed by atoms with Crippen LogP contribution in [0.25, 0.3) is 5.69 Å². The Morgan fingerprint density at radius 2 is 2.17 bits per heavy atom. The Labute approximate surface area is 137 Å². The number of aromatic nitrogens is 2. The molecule has 1 fully saturated rings. The summed E-state index contributed by atoms with van der Waals surface area (Å²) in [5.74, 6) is 0.439. The maximum atomic E-state index is 12.7. The van der Waals surface area contributed by atoms with Gasteiger partial charge in [0.1, 0.15) is 0 Å². The SMILES string of the molecule is Cc1ccccc1-n1cc(C(=O)N2CCC[C@@H]([C@@H](C)N)C2)cn1. The van der Waals surface area contributed by atoms with Gasteiger partial charge in [-0.3, -0.25) is 4.79 Å². The Balaban J connectivity index is 1.78. The van der Waals surface area contributed by atoms with Gasteiger partial charge in [-0.2, -0.15) is 5.10 Å². The van der Waals surface area contributed by atoms with Gasteiger partial charge in [-0.15, -0.1) is 0 Å². The van der Waals surface area contributed by atoms with Crippen LogP contribution in [-0.2, 0) is 0 Å². The molecule has 0 radical (unpaired) electrons. The second-order valence-corrected chi connectivity index (χ2v) is 6.47. The first-order chi connectivity index (χ1) is 11.1. The predicted molar refractivity (Wildman–Crippen MR) is 90.6 cm³/mol. The number of nitrogens with zero attached hydrogens (tertiary/aromatic N) is 3. The zero-order valence-corrected chi connectivity index (χ0v) is 13.8.